The summed E-state index contributed by atoms with van der Waals surface area (Å²) in [7, 11) is 0. The summed E-state index contributed by atoms with van der Waals surface area (Å²) in [4.78, 5) is 1.79. The summed E-state index contributed by atoms with van der Waals surface area (Å²) in [6.07, 6.45) is 30.7. The van der Waals surface area contributed by atoms with E-state index in [0.717, 1.165) is 40.9 Å². The highest BCUT2D eigenvalue weighted by molar-refractivity contribution is 8.04. The second kappa shape index (κ2) is 8.26. The Morgan fingerprint density at radius 3 is 2.81 bits per heavy atom. The van der Waals surface area contributed by atoms with E-state index in [1.807, 2.05) is 11.1 Å². The third-order valence-electron chi connectivity index (χ3n) is 10.1. The lowest BCUT2D eigenvalue weighted by Gasteiger charge is -2.36. The molecule has 32 heavy (non-hydrogen) atoms. The second-order valence-corrected chi connectivity index (χ2v) is 13.0. The van der Waals surface area contributed by atoms with Gasteiger partial charge in [0, 0.05) is 22.9 Å². The third-order valence-corrected chi connectivity index (χ3v) is 11.6. The number of fused-ring (bicyclic) bond motifs is 4. The van der Waals surface area contributed by atoms with E-state index < -0.39 is 0 Å². The van der Waals surface area contributed by atoms with E-state index in [0.29, 0.717) is 0 Å². The lowest BCUT2D eigenvalue weighted by molar-refractivity contribution is 0.280. The second-order valence-electron chi connectivity index (χ2n) is 11.7. The highest BCUT2D eigenvalue weighted by Gasteiger charge is 2.41. The molecule has 7 atom stereocenters. The maximum atomic E-state index is 3.94. The van der Waals surface area contributed by atoms with Crippen LogP contribution < -0.4 is 5.32 Å². The fourth-order valence-electron chi connectivity index (χ4n) is 8.36. The molecule has 0 spiro atoms. The zero-order chi connectivity index (χ0) is 21.1. The summed E-state index contributed by atoms with van der Waals surface area (Å²) in [5.74, 6) is 4.20. The van der Waals surface area contributed by atoms with Crippen LogP contribution in [0.5, 0.6) is 0 Å². The van der Waals surface area contributed by atoms with Crippen molar-refractivity contribution in [1.82, 2.24) is 5.32 Å². The predicted octanol–water partition coefficient (Wildman–Crippen LogP) is 7.84. The monoisotopic (exact) mass is 445 g/mol. The molecule has 0 aromatic carbocycles. The van der Waals surface area contributed by atoms with E-state index in [-0.39, 0.29) is 0 Å². The van der Waals surface area contributed by atoms with Crippen LogP contribution in [0.25, 0.3) is 0 Å². The molecule has 1 saturated carbocycles. The zero-order valence-electron chi connectivity index (χ0n) is 19.5. The van der Waals surface area contributed by atoms with Crippen LogP contribution in [-0.4, -0.2) is 11.3 Å². The molecule has 7 rings (SSSR count). The molecular formula is C30H39NS. The van der Waals surface area contributed by atoms with Crippen molar-refractivity contribution in [2.24, 2.45) is 29.6 Å². The van der Waals surface area contributed by atoms with Gasteiger partial charge < -0.3 is 5.32 Å². The van der Waals surface area contributed by atoms with Gasteiger partial charge in [0.05, 0.1) is 0 Å². The topological polar surface area (TPSA) is 12.0 Å². The van der Waals surface area contributed by atoms with Gasteiger partial charge in [-0.3, -0.25) is 0 Å². The molecule has 0 radical (unpaired) electrons. The summed E-state index contributed by atoms with van der Waals surface area (Å²) in [6.45, 7) is 0. The third kappa shape index (κ3) is 3.42. The van der Waals surface area contributed by atoms with Crippen LogP contribution in [-0.2, 0) is 0 Å². The predicted molar refractivity (Wildman–Crippen MR) is 136 cm³/mol. The smallest absolute Gasteiger partial charge is 0.0337 e. The normalized spacial score (nSPS) is 42.8. The van der Waals surface area contributed by atoms with Crippen molar-refractivity contribution in [2.75, 3.05) is 0 Å². The van der Waals surface area contributed by atoms with Crippen LogP contribution in [0.4, 0.5) is 0 Å². The van der Waals surface area contributed by atoms with Crippen molar-refractivity contribution in [2.45, 2.75) is 94.8 Å². The van der Waals surface area contributed by atoms with E-state index in [4.69, 9.17) is 0 Å². The first-order valence-corrected chi connectivity index (χ1v) is 14.6. The van der Waals surface area contributed by atoms with Gasteiger partial charge in [0.15, 0.2) is 0 Å². The average Bonchev–Trinajstić information content (AvgIpc) is 3.41. The minimum atomic E-state index is 0.766. The van der Waals surface area contributed by atoms with Gasteiger partial charge in [0.25, 0.3) is 0 Å². The summed E-state index contributed by atoms with van der Waals surface area (Å²) in [5, 5.41) is 4.72. The molecule has 2 aliphatic heterocycles. The number of nitrogens with one attached hydrogen (secondary N) is 1. The Balaban J connectivity index is 1.00. The molecule has 1 nitrogen and oxygen atoms in total. The number of rotatable bonds is 2. The molecule has 5 aliphatic carbocycles. The molecule has 7 unspecified atom stereocenters. The Hall–Kier alpha value is -1.15. The maximum Gasteiger partial charge on any atom is 0.0337 e. The number of hydrogen-bond donors (Lipinski definition) is 1. The highest BCUT2D eigenvalue weighted by atomic mass is 32.2. The van der Waals surface area contributed by atoms with Crippen LogP contribution in [0.1, 0.15) is 83.5 Å². The summed E-state index contributed by atoms with van der Waals surface area (Å²) in [6, 6.07) is 0.766. The Bertz CT molecular complexity index is 932. The van der Waals surface area contributed by atoms with Gasteiger partial charge >= 0.3 is 0 Å². The number of thioether (sulfide) groups is 1. The van der Waals surface area contributed by atoms with Crippen molar-refractivity contribution >= 4 is 11.8 Å². The maximum absolute atomic E-state index is 3.94. The van der Waals surface area contributed by atoms with Crippen LogP contribution in [0.2, 0.25) is 0 Å². The number of allylic oxidation sites excluding steroid dienone is 8. The van der Waals surface area contributed by atoms with E-state index in [1.165, 1.54) is 83.5 Å². The van der Waals surface area contributed by atoms with E-state index in [1.54, 1.807) is 16.2 Å². The standard InChI is InChI=1S/C30H39NS/c1-3-7-27-23(5-1)25-17-21(13-15-28(25)31-27)19-9-11-20(12-10-19)22-14-16-30-26(18-22)24-6-2-4-8-29(24)32-30/h4,8-11,20-22,24-25,28-29,31H,1-3,5-7,12-18H2. The highest BCUT2D eigenvalue weighted by Crippen LogP contribution is 2.55. The Labute approximate surface area is 199 Å². The minimum Gasteiger partial charge on any atom is -0.385 e. The lowest BCUT2D eigenvalue weighted by Crippen LogP contribution is -2.35. The molecule has 0 aromatic heterocycles. The van der Waals surface area contributed by atoms with Gasteiger partial charge in [-0.25, -0.2) is 0 Å². The van der Waals surface area contributed by atoms with Crippen LogP contribution >= 0.6 is 11.8 Å². The van der Waals surface area contributed by atoms with Gasteiger partial charge in [-0.1, -0.05) is 36.0 Å². The minimum absolute atomic E-state index is 0.766. The van der Waals surface area contributed by atoms with Gasteiger partial charge in [0.2, 0.25) is 0 Å². The quantitative estimate of drug-likeness (QED) is 0.434. The lowest BCUT2D eigenvalue weighted by atomic mass is 9.69. The molecule has 0 aromatic rings. The molecule has 2 heterocycles. The zero-order valence-corrected chi connectivity index (χ0v) is 20.3. The van der Waals surface area contributed by atoms with Gasteiger partial charge in [0.1, 0.15) is 0 Å². The van der Waals surface area contributed by atoms with Crippen LogP contribution in [0.15, 0.2) is 57.7 Å². The molecule has 0 amide bonds. The molecule has 2 heteroatoms. The van der Waals surface area contributed by atoms with Crippen molar-refractivity contribution in [3.8, 4) is 0 Å². The average molecular weight is 446 g/mol. The Morgan fingerprint density at radius 1 is 0.906 bits per heavy atom. The van der Waals surface area contributed by atoms with Crippen molar-refractivity contribution in [3.05, 3.63) is 57.7 Å². The largest absolute Gasteiger partial charge is 0.385 e. The number of hydrogen-bond acceptors (Lipinski definition) is 2. The first-order chi connectivity index (χ1) is 15.8. The molecule has 0 bridgehead atoms. The molecule has 0 saturated heterocycles. The Morgan fingerprint density at radius 2 is 1.88 bits per heavy atom. The summed E-state index contributed by atoms with van der Waals surface area (Å²) in [5.41, 5.74) is 7.06. The van der Waals surface area contributed by atoms with Crippen molar-refractivity contribution < 1.29 is 0 Å². The first-order valence-electron chi connectivity index (χ1n) is 13.8. The summed E-state index contributed by atoms with van der Waals surface area (Å²) >= 11 is 2.22. The molecular weight excluding hydrogens is 406 g/mol. The molecule has 7 aliphatic rings. The van der Waals surface area contributed by atoms with Crippen LogP contribution in [0, 0.1) is 29.6 Å². The summed E-state index contributed by atoms with van der Waals surface area (Å²) < 4.78 is 0. The molecule has 1 N–H and O–H groups in total. The van der Waals surface area contributed by atoms with Gasteiger partial charge in [-0.2, -0.15) is 0 Å². The molecule has 170 valence electrons. The Kier molecular flexibility index (Phi) is 5.22. The molecule has 1 fully saturated rings. The van der Waals surface area contributed by atoms with Crippen LogP contribution in [0.3, 0.4) is 0 Å². The van der Waals surface area contributed by atoms with Crippen molar-refractivity contribution in [1.29, 1.82) is 0 Å². The van der Waals surface area contributed by atoms with Gasteiger partial charge in [-0.05, 0) is 123 Å². The van der Waals surface area contributed by atoms with E-state index >= 15 is 0 Å². The van der Waals surface area contributed by atoms with E-state index in [2.05, 4.69) is 47.5 Å². The fourth-order valence-corrected chi connectivity index (χ4v) is 9.96. The fraction of sp³-hybridized carbons (Fsp3) is 0.667. The first kappa shape index (κ1) is 20.2. The van der Waals surface area contributed by atoms with Gasteiger partial charge in [-0.15, -0.1) is 11.8 Å². The van der Waals surface area contributed by atoms with E-state index in [9.17, 15) is 0 Å². The SMILES string of the molecule is C1=CC2SC3=C(CC(C4C=CC(C5CCC6NC7=C(CCCC7)C6C5)=CC4)CC3)C2CC1. The van der Waals surface area contributed by atoms with Crippen molar-refractivity contribution in [3.63, 3.8) is 0 Å².